The van der Waals surface area contributed by atoms with Gasteiger partial charge < -0.3 is 5.32 Å². The Balaban J connectivity index is 2.10. The summed E-state index contributed by atoms with van der Waals surface area (Å²) in [6.07, 6.45) is 1.91. The van der Waals surface area contributed by atoms with Gasteiger partial charge in [-0.3, -0.25) is 0 Å². The van der Waals surface area contributed by atoms with Crippen molar-refractivity contribution < 1.29 is 0 Å². The zero-order valence-corrected chi connectivity index (χ0v) is 11.5. The SMILES string of the molecule is Cc1cnc(C(C)Nc2nc(C)c(C)s2)s1. The predicted molar refractivity (Wildman–Crippen MR) is 70.5 cm³/mol. The van der Waals surface area contributed by atoms with E-state index in [-0.39, 0.29) is 6.04 Å². The Kier molecular flexibility index (Phi) is 3.25. The number of hydrogen-bond donors (Lipinski definition) is 1. The first-order valence-electron chi connectivity index (χ1n) is 5.19. The molecule has 0 spiro atoms. The van der Waals surface area contributed by atoms with Gasteiger partial charge in [0.1, 0.15) is 5.01 Å². The van der Waals surface area contributed by atoms with Crippen LogP contribution >= 0.6 is 22.7 Å². The van der Waals surface area contributed by atoms with Crippen LogP contribution in [0, 0.1) is 20.8 Å². The van der Waals surface area contributed by atoms with Gasteiger partial charge in [-0.2, -0.15) is 0 Å². The number of aryl methyl sites for hydroxylation is 3. The second-order valence-electron chi connectivity index (χ2n) is 3.84. The molecule has 0 radical (unpaired) electrons. The molecular formula is C11H15N3S2. The lowest BCUT2D eigenvalue weighted by Crippen LogP contribution is -2.05. The molecule has 0 saturated carbocycles. The lowest BCUT2D eigenvalue weighted by atomic mass is 10.4. The molecule has 86 valence electrons. The Morgan fingerprint density at radius 2 is 2.00 bits per heavy atom. The van der Waals surface area contributed by atoms with Crippen molar-refractivity contribution in [3.05, 3.63) is 26.7 Å². The summed E-state index contributed by atoms with van der Waals surface area (Å²) in [7, 11) is 0. The minimum Gasteiger partial charge on any atom is -0.353 e. The van der Waals surface area contributed by atoms with Crippen molar-refractivity contribution in [1.29, 1.82) is 0 Å². The minimum atomic E-state index is 0.226. The molecule has 0 bridgehead atoms. The van der Waals surface area contributed by atoms with Crippen molar-refractivity contribution in [3.63, 3.8) is 0 Å². The summed E-state index contributed by atoms with van der Waals surface area (Å²) in [5.41, 5.74) is 1.11. The molecule has 0 amide bonds. The first kappa shape index (κ1) is 11.5. The highest BCUT2D eigenvalue weighted by Crippen LogP contribution is 2.27. The maximum absolute atomic E-state index is 4.47. The van der Waals surface area contributed by atoms with Crippen LogP contribution in [0.3, 0.4) is 0 Å². The van der Waals surface area contributed by atoms with E-state index in [4.69, 9.17) is 0 Å². The first-order chi connectivity index (χ1) is 7.56. The van der Waals surface area contributed by atoms with Crippen LogP contribution in [0.2, 0.25) is 0 Å². The number of thiazole rings is 2. The van der Waals surface area contributed by atoms with Crippen LogP contribution < -0.4 is 5.32 Å². The monoisotopic (exact) mass is 253 g/mol. The number of anilines is 1. The molecule has 0 fully saturated rings. The summed E-state index contributed by atoms with van der Waals surface area (Å²) in [4.78, 5) is 11.4. The maximum atomic E-state index is 4.47. The molecule has 5 heteroatoms. The highest BCUT2D eigenvalue weighted by molar-refractivity contribution is 7.15. The van der Waals surface area contributed by atoms with Gasteiger partial charge >= 0.3 is 0 Å². The van der Waals surface area contributed by atoms with Crippen LogP contribution in [0.1, 0.15) is 33.4 Å². The number of rotatable bonds is 3. The van der Waals surface area contributed by atoms with Crippen molar-refractivity contribution in [2.75, 3.05) is 5.32 Å². The third kappa shape index (κ3) is 2.41. The smallest absolute Gasteiger partial charge is 0.183 e. The van der Waals surface area contributed by atoms with Crippen molar-refractivity contribution in [2.24, 2.45) is 0 Å². The van der Waals surface area contributed by atoms with Crippen molar-refractivity contribution in [3.8, 4) is 0 Å². The maximum Gasteiger partial charge on any atom is 0.183 e. The highest BCUT2D eigenvalue weighted by atomic mass is 32.1. The quantitative estimate of drug-likeness (QED) is 0.906. The van der Waals surface area contributed by atoms with E-state index in [0.29, 0.717) is 0 Å². The highest BCUT2D eigenvalue weighted by Gasteiger charge is 2.11. The topological polar surface area (TPSA) is 37.8 Å². The van der Waals surface area contributed by atoms with Gasteiger partial charge in [-0.15, -0.1) is 22.7 Å². The second kappa shape index (κ2) is 4.51. The lowest BCUT2D eigenvalue weighted by molar-refractivity contribution is 0.866. The normalized spacial score (nSPS) is 12.8. The molecule has 0 aliphatic carbocycles. The fourth-order valence-corrected chi connectivity index (χ4v) is 3.03. The molecule has 2 rings (SSSR count). The van der Waals surface area contributed by atoms with Gasteiger partial charge in [0.15, 0.2) is 5.13 Å². The Hall–Kier alpha value is -0.940. The first-order valence-corrected chi connectivity index (χ1v) is 6.82. The van der Waals surface area contributed by atoms with Gasteiger partial charge in [-0.25, -0.2) is 9.97 Å². The van der Waals surface area contributed by atoms with Crippen LogP contribution in [-0.2, 0) is 0 Å². The number of aromatic nitrogens is 2. The van der Waals surface area contributed by atoms with E-state index < -0.39 is 0 Å². The molecule has 0 aliphatic heterocycles. The molecule has 2 aromatic heterocycles. The minimum absolute atomic E-state index is 0.226. The Bertz CT molecular complexity index is 468. The van der Waals surface area contributed by atoms with Crippen LogP contribution in [-0.4, -0.2) is 9.97 Å². The Morgan fingerprint density at radius 3 is 2.50 bits per heavy atom. The Morgan fingerprint density at radius 1 is 1.25 bits per heavy atom. The standard InChI is InChI=1S/C11H15N3S2/c1-6-5-12-10(15-6)8(3)14-11-13-7(2)9(4)16-11/h5,8H,1-4H3,(H,13,14). The van der Waals surface area contributed by atoms with Crippen LogP contribution in [0.15, 0.2) is 6.20 Å². The summed E-state index contributed by atoms with van der Waals surface area (Å²) in [6, 6.07) is 0.226. The molecule has 2 aromatic rings. The van der Waals surface area contributed by atoms with Gasteiger partial charge in [0.05, 0.1) is 11.7 Å². The fourth-order valence-electron chi connectivity index (χ4n) is 1.35. The van der Waals surface area contributed by atoms with E-state index in [1.807, 2.05) is 13.1 Å². The van der Waals surface area contributed by atoms with Gasteiger partial charge in [-0.1, -0.05) is 0 Å². The lowest BCUT2D eigenvalue weighted by Gasteiger charge is -2.08. The fraction of sp³-hybridized carbons (Fsp3) is 0.455. The third-order valence-electron chi connectivity index (χ3n) is 2.38. The summed E-state index contributed by atoms with van der Waals surface area (Å²) in [5.74, 6) is 0. The molecule has 0 saturated heterocycles. The number of nitrogens with one attached hydrogen (secondary N) is 1. The van der Waals surface area contributed by atoms with E-state index >= 15 is 0 Å². The van der Waals surface area contributed by atoms with Gasteiger partial charge in [0.2, 0.25) is 0 Å². The van der Waals surface area contributed by atoms with Crippen LogP contribution in [0.4, 0.5) is 5.13 Å². The van der Waals surface area contributed by atoms with Gasteiger partial charge in [0.25, 0.3) is 0 Å². The average Bonchev–Trinajstić information content (AvgIpc) is 2.75. The van der Waals surface area contributed by atoms with E-state index in [9.17, 15) is 0 Å². The van der Waals surface area contributed by atoms with E-state index in [1.165, 1.54) is 9.75 Å². The van der Waals surface area contributed by atoms with E-state index in [0.717, 1.165) is 15.8 Å². The molecule has 1 N–H and O–H groups in total. The molecule has 16 heavy (non-hydrogen) atoms. The molecule has 1 unspecified atom stereocenters. The molecule has 1 atom stereocenters. The van der Waals surface area contributed by atoms with Crippen LogP contribution in [0.5, 0.6) is 0 Å². The number of hydrogen-bond acceptors (Lipinski definition) is 5. The van der Waals surface area contributed by atoms with Crippen molar-refractivity contribution in [2.45, 2.75) is 33.7 Å². The summed E-state index contributed by atoms with van der Waals surface area (Å²) < 4.78 is 0. The van der Waals surface area contributed by atoms with Crippen molar-refractivity contribution >= 4 is 27.8 Å². The van der Waals surface area contributed by atoms with Crippen LogP contribution in [0.25, 0.3) is 0 Å². The zero-order chi connectivity index (χ0) is 11.7. The van der Waals surface area contributed by atoms with E-state index in [2.05, 4.69) is 36.1 Å². The van der Waals surface area contributed by atoms with Crippen molar-refractivity contribution in [1.82, 2.24) is 9.97 Å². The average molecular weight is 253 g/mol. The number of nitrogens with zero attached hydrogens (tertiary/aromatic N) is 2. The Labute approximate surface area is 104 Å². The predicted octanol–water partition coefficient (Wildman–Crippen LogP) is 3.70. The largest absolute Gasteiger partial charge is 0.353 e. The molecule has 2 heterocycles. The molecule has 3 nitrogen and oxygen atoms in total. The molecular weight excluding hydrogens is 238 g/mol. The van der Waals surface area contributed by atoms with Gasteiger partial charge in [-0.05, 0) is 27.7 Å². The summed E-state index contributed by atoms with van der Waals surface area (Å²) >= 11 is 3.43. The molecule has 0 aliphatic rings. The zero-order valence-electron chi connectivity index (χ0n) is 9.87. The molecule has 0 aromatic carbocycles. The summed E-state index contributed by atoms with van der Waals surface area (Å²) in [5, 5.41) is 5.48. The summed E-state index contributed by atoms with van der Waals surface area (Å²) in [6.45, 7) is 8.32. The van der Waals surface area contributed by atoms with E-state index in [1.54, 1.807) is 22.7 Å². The third-order valence-corrected chi connectivity index (χ3v) is 4.48. The van der Waals surface area contributed by atoms with Gasteiger partial charge in [0, 0.05) is 16.0 Å². The second-order valence-corrected chi connectivity index (χ2v) is 6.31.